The number of nitrogens with zero attached hydrogens (tertiary/aromatic N) is 1. The van der Waals surface area contributed by atoms with Crippen LogP contribution in [0.25, 0.3) is 0 Å². The van der Waals surface area contributed by atoms with E-state index in [0.717, 1.165) is 4.90 Å². The van der Waals surface area contributed by atoms with Gasteiger partial charge in [-0.15, -0.1) is 0 Å². The lowest BCUT2D eigenvalue weighted by atomic mass is 10.0. The molecule has 1 rings (SSSR count). The molecular formula is C5H9N3O3. The average Bonchev–Trinajstić information content (AvgIpc) is 1.83. The SMILES string of the molecule is NNC(=O)[C@H]1CCN1C(=O)O. The summed E-state index contributed by atoms with van der Waals surface area (Å²) < 4.78 is 0. The molecule has 0 spiro atoms. The molecule has 0 saturated carbocycles. The van der Waals surface area contributed by atoms with Crippen LogP contribution in [-0.2, 0) is 4.79 Å². The summed E-state index contributed by atoms with van der Waals surface area (Å²) in [4.78, 5) is 22.1. The van der Waals surface area contributed by atoms with Crippen LogP contribution in [0.4, 0.5) is 4.79 Å². The lowest BCUT2D eigenvalue weighted by Crippen LogP contribution is -2.58. The molecule has 6 nitrogen and oxygen atoms in total. The van der Waals surface area contributed by atoms with Crippen LogP contribution in [0.15, 0.2) is 0 Å². The molecule has 62 valence electrons. The first-order chi connectivity index (χ1) is 5.16. The van der Waals surface area contributed by atoms with Crippen molar-refractivity contribution in [3.63, 3.8) is 0 Å². The number of hydrazine groups is 1. The van der Waals surface area contributed by atoms with Crippen molar-refractivity contribution in [3.8, 4) is 0 Å². The maximum absolute atomic E-state index is 10.8. The number of rotatable bonds is 1. The van der Waals surface area contributed by atoms with Crippen LogP contribution >= 0.6 is 0 Å². The Bertz CT molecular complexity index is 193. The van der Waals surface area contributed by atoms with Crippen LogP contribution in [0.1, 0.15) is 6.42 Å². The summed E-state index contributed by atoms with van der Waals surface area (Å²) in [7, 11) is 0. The molecule has 1 heterocycles. The number of likely N-dealkylation sites (tertiary alicyclic amines) is 1. The van der Waals surface area contributed by atoms with E-state index >= 15 is 0 Å². The molecule has 0 aromatic heterocycles. The highest BCUT2D eigenvalue weighted by Gasteiger charge is 2.37. The Morgan fingerprint density at radius 1 is 1.64 bits per heavy atom. The third-order valence-electron chi connectivity index (χ3n) is 1.71. The van der Waals surface area contributed by atoms with Gasteiger partial charge in [-0.2, -0.15) is 0 Å². The maximum atomic E-state index is 10.8. The number of hydrogen-bond donors (Lipinski definition) is 3. The van der Waals surface area contributed by atoms with Crippen molar-refractivity contribution in [2.75, 3.05) is 6.54 Å². The number of carbonyl (C=O) groups excluding carboxylic acids is 1. The summed E-state index contributed by atoms with van der Waals surface area (Å²) in [6.45, 7) is 0.410. The summed E-state index contributed by atoms with van der Waals surface area (Å²) in [5, 5.41) is 8.45. The fourth-order valence-electron chi connectivity index (χ4n) is 0.985. The number of amides is 2. The maximum Gasteiger partial charge on any atom is 0.407 e. The highest BCUT2D eigenvalue weighted by atomic mass is 16.4. The summed E-state index contributed by atoms with van der Waals surface area (Å²) in [6.07, 6.45) is -0.528. The van der Waals surface area contributed by atoms with Crippen molar-refractivity contribution in [1.82, 2.24) is 10.3 Å². The summed E-state index contributed by atoms with van der Waals surface area (Å²) >= 11 is 0. The topological polar surface area (TPSA) is 95.7 Å². The predicted octanol–water partition coefficient (Wildman–Crippen LogP) is -1.27. The van der Waals surface area contributed by atoms with Crippen molar-refractivity contribution in [1.29, 1.82) is 0 Å². The minimum atomic E-state index is -1.08. The van der Waals surface area contributed by atoms with Crippen molar-refractivity contribution in [2.24, 2.45) is 5.84 Å². The summed E-state index contributed by atoms with van der Waals surface area (Å²) in [5.41, 5.74) is 1.91. The molecule has 1 saturated heterocycles. The smallest absolute Gasteiger partial charge is 0.407 e. The van der Waals surface area contributed by atoms with Gasteiger partial charge in [-0.1, -0.05) is 0 Å². The minimum absolute atomic E-state index is 0.410. The van der Waals surface area contributed by atoms with Gasteiger partial charge in [0.1, 0.15) is 6.04 Å². The molecule has 0 unspecified atom stereocenters. The fraction of sp³-hybridized carbons (Fsp3) is 0.600. The van der Waals surface area contributed by atoms with Crippen molar-refractivity contribution < 1.29 is 14.7 Å². The van der Waals surface area contributed by atoms with Crippen LogP contribution < -0.4 is 11.3 Å². The fourth-order valence-corrected chi connectivity index (χ4v) is 0.985. The molecule has 0 radical (unpaired) electrons. The van der Waals surface area contributed by atoms with E-state index in [-0.39, 0.29) is 0 Å². The van der Waals surface area contributed by atoms with E-state index in [1.54, 1.807) is 0 Å². The van der Waals surface area contributed by atoms with Gasteiger partial charge in [0.15, 0.2) is 0 Å². The Labute approximate surface area is 62.9 Å². The Kier molecular flexibility index (Phi) is 1.95. The van der Waals surface area contributed by atoms with Gasteiger partial charge in [-0.3, -0.25) is 15.1 Å². The zero-order chi connectivity index (χ0) is 8.43. The molecule has 1 fully saturated rings. The van der Waals surface area contributed by atoms with Gasteiger partial charge in [0.2, 0.25) is 0 Å². The minimum Gasteiger partial charge on any atom is -0.465 e. The highest BCUT2D eigenvalue weighted by Crippen LogP contribution is 2.16. The Balaban J connectivity index is 2.49. The first-order valence-electron chi connectivity index (χ1n) is 3.17. The quantitative estimate of drug-likeness (QED) is 0.252. The second-order valence-corrected chi connectivity index (χ2v) is 2.29. The van der Waals surface area contributed by atoms with Gasteiger partial charge in [0.05, 0.1) is 0 Å². The monoisotopic (exact) mass is 159 g/mol. The van der Waals surface area contributed by atoms with E-state index in [1.165, 1.54) is 0 Å². The number of nitrogens with one attached hydrogen (secondary N) is 1. The van der Waals surface area contributed by atoms with E-state index in [4.69, 9.17) is 10.9 Å². The molecule has 11 heavy (non-hydrogen) atoms. The van der Waals surface area contributed by atoms with Gasteiger partial charge >= 0.3 is 6.09 Å². The molecule has 0 aromatic rings. The van der Waals surface area contributed by atoms with Gasteiger partial charge in [0, 0.05) is 6.54 Å². The second-order valence-electron chi connectivity index (χ2n) is 2.29. The average molecular weight is 159 g/mol. The van der Waals surface area contributed by atoms with Crippen molar-refractivity contribution in [2.45, 2.75) is 12.5 Å². The Morgan fingerprint density at radius 3 is 2.55 bits per heavy atom. The van der Waals surface area contributed by atoms with Crippen LogP contribution in [0.5, 0.6) is 0 Å². The van der Waals surface area contributed by atoms with E-state index in [1.807, 2.05) is 5.43 Å². The third-order valence-corrected chi connectivity index (χ3v) is 1.71. The first-order valence-corrected chi connectivity index (χ1v) is 3.17. The Morgan fingerprint density at radius 2 is 2.27 bits per heavy atom. The molecule has 0 aromatic carbocycles. The van der Waals surface area contributed by atoms with E-state index in [2.05, 4.69) is 0 Å². The van der Waals surface area contributed by atoms with Crippen molar-refractivity contribution in [3.05, 3.63) is 0 Å². The van der Waals surface area contributed by atoms with E-state index < -0.39 is 18.0 Å². The normalized spacial score (nSPS) is 22.3. The summed E-state index contributed by atoms with van der Waals surface area (Å²) in [5.74, 6) is 4.38. The van der Waals surface area contributed by atoms with Crippen LogP contribution in [0.3, 0.4) is 0 Å². The number of hydrogen-bond acceptors (Lipinski definition) is 3. The highest BCUT2D eigenvalue weighted by molar-refractivity contribution is 5.86. The van der Waals surface area contributed by atoms with Gasteiger partial charge in [0.25, 0.3) is 5.91 Å². The largest absolute Gasteiger partial charge is 0.465 e. The second kappa shape index (κ2) is 2.75. The molecule has 1 aliphatic heterocycles. The lowest BCUT2D eigenvalue weighted by molar-refractivity contribution is -0.129. The van der Waals surface area contributed by atoms with Gasteiger partial charge in [-0.05, 0) is 6.42 Å². The molecular weight excluding hydrogens is 150 g/mol. The molecule has 4 N–H and O–H groups in total. The van der Waals surface area contributed by atoms with Crippen molar-refractivity contribution >= 4 is 12.0 Å². The number of carbonyl (C=O) groups is 2. The number of nitrogens with two attached hydrogens (primary N) is 1. The van der Waals surface area contributed by atoms with Crippen LogP contribution in [0.2, 0.25) is 0 Å². The lowest BCUT2D eigenvalue weighted by Gasteiger charge is -2.36. The first kappa shape index (κ1) is 7.80. The zero-order valence-corrected chi connectivity index (χ0v) is 5.78. The van der Waals surface area contributed by atoms with E-state index in [0.29, 0.717) is 13.0 Å². The Hall–Kier alpha value is -1.30. The standard InChI is InChI=1S/C5H9N3O3/c6-7-4(9)3-1-2-8(3)5(10)11/h3H,1-2,6H2,(H,7,9)(H,10,11)/t3-/m1/s1. The molecule has 0 aliphatic carbocycles. The molecule has 1 aliphatic rings. The predicted molar refractivity (Wildman–Crippen MR) is 35.5 cm³/mol. The molecule has 2 amide bonds. The van der Waals surface area contributed by atoms with Gasteiger partial charge in [-0.25, -0.2) is 10.6 Å². The van der Waals surface area contributed by atoms with Crippen LogP contribution in [0, 0.1) is 0 Å². The molecule has 1 atom stereocenters. The molecule has 0 bridgehead atoms. The third kappa shape index (κ3) is 1.25. The van der Waals surface area contributed by atoms with E-state index in [9.17, 15) is 9.59 Å². The summed E-state index contributed by atoms with van der Waals surface area (Å²) in [6, 6.07) is -0.586. The van der Waals surface area contributed by atoms with Crippen LogP contribution in [-0.4, -0.2) is 34.6 Å². The molecule has 6 heteroatoms. The number of carboxylic acid groups (broad SMARTS) is 1. The van der Waals surface area contributed by atoms with Gasteiger partial charge < -0.3 is 5.11 Å². The zero-order valence-electron chi connectivity index (χ0n) is 5.78.